The number of nitrogens with one attached hydrogen (secondary N) is 7. The average molecular weight is 876 g/mol. The number of ether oxygens (including phenoxy) is 2. The van der Waals surface area contributed by atoms with Crippen LogP contribution in [-0.2, 0) is 63.8 Å². The summed E-state index contributed by atoms with van der Waals surface area (Å²) in [5, 5.41) is 46.1. The first-order valence-corrected chi connectivity index (χ1v) is 19.6. The number of imide groups is 1. The van der Waals surface area contributed by atoms with Crippen LogP contribution in [-0.4, -0.2) is 162 Å². The maximum Gasteiger partial charge on any atom is 0.253 e. The maximum atomic E-state index is 13.2. The summed E-state index contributed by atoms with van der Waals surface area (Å²) in [6, 6.07) is 6.04. The van der Waals surface area contributed by atoms with Crippen LogP contribution in [0.5, 0.6) is 0 Å². The van der Waals surface area contributed by atoms with Gasteiger partial charge in [-0.2, -0.15) is 0 Å². The third-order valence-electron chi connectivity index (χ3n) is 9.19. The lowest BCUT2D eigenvalue weighted by Gasteiger charge is -2.20. The van der Waals surface area contributed by atoms with Crippen molar-refractivity contribution in [1.82, 2.24) is 42.1 Å². The van der Waals surface area contributed by atoms with Crippen LogP contribution in [0.2, 0.25) is 0 Å². The van der Waals surface area contributed by atoms with Gasteiger partial charge in [-0.3, -0.25) is 52.8 Å². The van der Waals surface area contributed by atoms with Crippen molar-refractivity contribution in [2.24, 2.45) is 5.73 Å². The molecular formula is C38H53N9O15. The first-order valence-electron chi connectivity index (χ1n) is 19.6. The molecule has 2 heterocycles. The predicted octanol–water partition coefficient (Wildman–Crippen LogP) is -6.06. The number of amides is 10. The fourth-order valence-corrected chi connectivity index (χ4v) is 5.92. The zero-order chi connectivity index (χ0) is 45.6. The van der Waals surface area contributed by atoms with Gasteiger partial charge in [-0.25, -0.2) is 0 Å². The fraction of sp³-hybridized carbons (Fsp3) is 0.526. The molecule has 1 fully saturated rings. The second-order valence-corrected chi connectivity index (χ2v) is 14.0. The van der Waals surface area contributed by atoms with Gasteiger partial charge in [-0.05, 0) is 24.8 Å². The van der Waals surface area contributed by atoms with Crippen molar-refractivity contribution in [2.45, 2.75) is 81.6 Å². The largest absolute Gasteiger partial charge is 0.394 e. The van der Waals surface area contributed by atoms with E-state index in [4.69, 9.17) is 15.2 Å². The van der Waals surface area contributed by atoms with E-state index in [9.17, 15) is 63.3 Å². The van der Waals surface area contributed by atoms with Crippen LogP contribution < -0.4 is 43.0 Å². The molecule has 2 aliphatic heterocycles. The number of rotatable bonds is 27. The minimum atomic E-state index is -1.55. The van der Waals surface area contributed by atoms with Crippen molar-refractivity contribution in [1.29, 1.82) is 0 Å². The highest BCUT2D eigenvalue weighted by molar-refractivity contribution is 6.12. The number of aliphatic hydroxyl groups excluding tert-OH is 3. The summed E-state index contributed by atoms with van der Waals surface area (Å²) in [6.07, 6.45) is -2.80. The number of unbranched alkanes of at least 4 members (excludes halogenated alkanes) is 2. The third-order valence-corrected chi connectivity index (χ3v) is 9.19. The highest BCUT2D eigenvalue weighted by Crippen LogP contribution is 2.19. The van der Waals surface area contributed by atoms with Crippen LogP contribution in [0.25, 0.3) is 0 Å². The van der Waals surface area contributed by atoms with Crippen LogP contribution >= 0.6 is 0 Å². The summed E-state index contributed by atoms with van der Waals surface area (Å²) in [7, 11) is 0. The van der Waals surface area contributed by atoms with Gasteiger partial charge in [-0.15, -0.1) is 0 Å². The van der Waals surface area contributed by atoms with Crippen LogP contribution in [0.4, 0.5) is 0 Å². The average Bonchev–Trinajstić information content (AvgIpc) is 3.71. The van der Waals surface area contributed by atoms with Crippen molar-refractivity contribution in [3.8, 4) is 0 Å². The van der Waals surface area contributed by atoms with E-state index in [1.54, 1.807) is 30.3 Å². The molecule has 0 spiro atoms. The molecule has 10 amide bonds. The van der Waals surface area contributed by atoms with Gasteiger partial charge >= 0.3 is 0 Å². The molecule has 0 aromatic heterocycles. The highest BCUT2D eigenvalue weighted by atomic mass is 16.6. The molecule has 6 atom stereocenters. The molecule has 1 aromatic carbocycles. The van der Waals surface area contributed by atoms with Gasteiger partial charge in [0.2, 0.25) is 47.3 Å². The van der Waals surface area contributed by atoms with Gasteiger partial charge in [-0.1, -0.05) is 36.8 Å². The lowest BCUT2D eigenvalue weighted by molar-refractivity contribution is -0.137. The van der Waals surface area contributed by atoms with Crippen LogP contribution in [0.15, 0.2) is 42.5 Å². The standard InChI is InChI=1S/C38H53N9O15/c39-26(49)20-61-21-43-30(53)17-42-37(60)24(15-22-7-3-1-4-8-22)45-31(54)18-40-29(52)16-41-36(59)23(10-11-28(51)46-38-35(58)34(57)25(19-48)62-38)44-27(50)9-5-2-6-14-47-32(55)12-13-33(47)56/h1,3-4,7-8,12-13,23-25,34-35,38,48,57-58H,2,5-6,9-11,14-21H2,(H2,39,49)(H,40,52)(H,41,59)(H,42,60)(H,43,53)(H,44,50)(H,45,54)(H,46,51)/t23-,24-,25+,34+,35+,38?/m0/s1. The lowest BCUT2D eigenvalue weighted by atomic mass is 10.1. The van der Waals surface area contributed by atoms with Crippen LogP contribution in [0, 0.1) is 0 Å². The van der Waals surface area contributed by atoms with E-state index in [1.807, 2.05) is 0 Å². The third kappa shape index (κ3) is 17.7. The number of benzene rings is 1. The van der Waals surface area contributed by atoms with E-state index in [2.05, 4.69) is 37.2 Å². The second kappa shape index (κ2) is 26.1. The van der Waals surface area contributed by atoms with E-state index in [1.165, 1.54) is 0 Å². The first-order chi connectivity index (χ1) is 29.6. The smallest absolute Gasteiger partial charge is 0.253 e. The van der Waals surface area contributed by atoms with Crippen molar-refractivity contribution in [2.75, 3.05) is 46.1 Å². The zero-order valence-corrected chi connectivity index (χ0v) is 33.7. The quantitative estimate of drug-likeness (QED) is 0.0223. The summed E-state index contributed by atoms with van der Waals surface area (Å²) in [5.74, 6) is -6.85. The molecule has 340 valence electrons. The van der Waals surface area contributed by atoms with Gasteiger partial charge in [0.05, 0.1) is 26.2 Å². The number of carbonyl (C=O) groups excluding carboxylic acids is 10. The Morgan fingerprint density at radius 3 is 1.97 bits per heavy atom. The van der Waals surface area contributed by atoms with Crippen molar-refractivity contribution >= 4 is 59.1 Å². The molecule has 0 saturated carbocycles. The Morgan fingerprint density at radius 1 is 0.726 bits per heavy atom. The number of hydrogen-bond donors (Lipinski definition) is 11. The molecule has 24 nitrogen and oxygen atoms in total. The van der Waals surface area contributed by atoms with E-state index in [0.29, 0.717) is 24.8 Å². The minimum absolute atomic E-state index is 0.00855. The number of nitrogens with two attached hydrogens (primary N) is 1. The normalized spacial score (nSPS) is 18.9. The molecule has 12 N–H and O–H groups in total. The molecular weight excluding hydrogens is 822 g/mol. The van der Waals surface area contributed by atoms with Crippen molar-refractivity contribution in [3.63, 3.8) is 0 Å². The van der Waals surface area contributed by atoms with Crippen LogP contribution in [0.3, 0.4) is 0 Å². The van der Waals surface area contributed by atoms with Crippen molar-refractivity contribution < 1.29 is 72.7 Å². The Bertz CT molecular complexity index is 1780. The molecule has 0 aliphatic carbocycles. The van der Waals surface area contributed by atoms with Gasteiger partial charge in [0.25, 0.3) is 11.8 Å². The Labute approximate surface area is 355 Å². The lowest BCUT2D eigenvalue weighted by Crippen LogP contribution is -2.53. The molecule has 0 radical (unpaired) electrons. The zero-order valence-electron chi connectivity index (χ0n) is 33.7. The SMILES string of the molecule is NC(=O)COCNC(=O)CNC(=O)[C@H](Cc1ccccc1)NC(=O)CNC(=O)CNC(=O)[C@H](CCC(=O)NC1O[C@H](CO)[C@@H](O)[C@H]1O)NC(=O)CCCCCN1C(=O)C=CC1=O. The molecule has 1 aromatic rings. The van der Waals surface area contributed by atoms with Crippen LogP contribution in [0.1, 0.15) is 44.1 Å². The minimum Gasteiger partial charge on any atom is -0.394 e. The molecule has 1 saturated heterocycles. The Kier molecular flexibility index (Phi) is 21.1. The Morgan fingerprint density at radius 2 is 1.34 bits per heavy atom. The summed E-state index contributed by atoms with van der Waals surface area (Å²) >= 11 is 0. The molecule has 0 bridgehead atoms. The van der Waals surface area contributed by atoms with E-state index in [0.717, 1.165) is 17.1 Å². The highest BCUT2D eigenvalue weighted by Gasteiger charge is 2.43. The number of carbonyl (C=O) groups is 10. The molecule has 62 heavy (non-hydrogen) atoms. The fourth-order valence-electron chi connectivity index (χ4n) is 5.92. The summed E-state index contributed by atoms with van der Waals surface area (Å²) in [6.45, 7) is -3.05. The predicted molar refractivity (Wildman–Crippen MR) is 211 cm³/mol. The van der Waals surface area contributed by atoms with Gasteiger partial charge in [0.1, 0.15) is 43.7 Å². The Balaban J connectivity index is 1.51. The van der Waals surface area contributed by atoms with Gasteiger partial charge in [0.15, 0.2) is 6.23 Å². The van der Waals surface area contributed by atoms with Gasteiger partial charge in [0, 0.05) is 38.0 Å². The topological polar surface area (TPSA) is 363 Å². The molecule has 2 aliphatic rings. The van der Waals surface area contributed by atoms with Gasteiger partial charge < -0.3 is 67.7 Å². The molecule has 1 unspecified atom stereocenters. The van der Waals surface area contributed by atoms with Crippen molar-refractivity contribution in [3.05, 3.63) is 48.0 Å². The summed E-state index contributed by atoms with van der Waals surface area (Å²) in [4.78, 5) is 125. The maximum absolute atomic E-state index is 13.2. The van der Waals surface area contributed by atoms with E-state index < -0.39 is 135 Å². The molecule has 3 rings (SSSR count). The monoisotopic (exact) mass is 875 g/mol. The summed E-state index contributed by atoms with van der Waals surface area (Å²) in [5.41, 5.74) is 5.62. The number of hydrogen-bond acceptors (Lipinski definition) is 15. The number of aliphatic hydroxyl groups is 3. The number of primary amides is 1. The summed E-state index contributed by atoms with van der Waals surface area (Å²) < 4.78 is 10.1. The number of nitrogens with zero attached hydrogens (tertiary/aromatic N) is 1. The first kappa shape index (κ1) is 50.0. The van der Waals surface area contributed by atoms with E-state index in [-0.39, 0.29) is 32.5 Å². The Hall–Kier alpha value is -6.34. The van der Waals surface area contributed by atoms with E-state index >= 15 is 0 Å². The molecule has 24 heteroatoms. The second-order valence-electron chi connectivity index (χ2n) is 14.0.